The van der Waals surface area contributed by atoms with E-state index in [1.807, 2.05) is 24.8 Å². The van der Waals surface area contributed by atoms with Crippen LogP contribution in [0.4, 0.5) is 4.39 Å². The van der Waals surface area contributed by atoms with Crippen LogP contribution in [0.2, 0.25) is 0 Å². The zero-order chi connectivity index (χ0) is 17.8. The Morgan fingerprint density at radius 1 is 1.28 bits per heavy atom. The second-order valence-corrected chi connectivity index (χ2v) is 6.36. The van der Waals surface area contributed by atoms with E-state index >= 15 is 0 Å². The fraction of sp³-hybridized carbons (Fsp3) is 0.421. The fourth-order valence-electron chi connectivity index (χ4n) is 3.10. The van der Waals surface area contributed by atoms with Crippen LogP contribution in [0.5, 0.6) is 5.75 Å². The molecule has 2 aromatic rings. The van der Waals surface area contributed by atoms with Crippen molar-refractivity contribution >= 4 is 5.91 Å². The first kappa shape index (κ1) is 17.3. The molecule has 1 aromatic carbocycles. The highest BCUT2D eigenvalue weighted by Gasteiger charge is 2.29. The summed E-state index contributed by atoms with van der Waals surface area (Å²) in [7, 11) is 0. The number of hydrogen-bond donors (Lipinski definition) is 0. The molecule has 0 unspecified atom stereocenters. The lowest BCUT2D eigenvalue weighted by atomic mass is 10.1. The van der Waals surface area contributed by atoms with Gasteiger partial charge < -0.3 is 9.64 Å². The van der Waals surface area contributed by atoms with Crippen LogP contribution >= 0.6 is 0 Å². The van der Waals surface area contributed by atoms with Crippen LogP contribution in [0.3, 0.4) is 0 Å². The van der Waals surface area contributed by atoms with E-state index in [1.165, 1.54) is 6.07 Å². The molecule has 0 N–H and O–H groups in total. The molecule has 2 heterocycles. The summed E-state index contributed by atoms with van der Waals surface area (Å²) in [6, 6.07) is 8.15. The second kappa shape index (κ2) is 7.59. The van der Waals surface area contributed by atoms with Gasteiger partial charge in [-0.3, -0.25) is 4.79 Å². The number of rotatable bonds is 5. The number of aryl methyl sites for hydroxylation is 2. The molecule has 1 saturated heterocycles. The molecule has 5 nitrogen and oxygen atoms in total. The number of ether oxygens (including phenoxy) is 1. The van der Waals surface area contributed by atoms with Gasteiger partial charge in [0.25, 0.3) is 0 Å². The van der Waals surface area contributed by atoms with Gasteiger partial charge in [-0.05, 0) is 38.5 Å². The van der Waals surface area contributed by atoms with Crippen molar-refractivity contribution in [3.63, 3.8) is 0 Å². The van der Waals surface area contributed by atoms with E-state index in [2.05, 4.69) is 9.97 Å². The average molecular weight is 343 g/mol. The molecule has 1 aliphatic rings. The van der Waals surface area contributed by atoms with E-state index in [1.54, 1.807) is 18.2 Å². The Bertz CT molecular complexity index is 746. The van der Waals surface area contributed by atoms with Crippen molar-refractivity contribution in [2.24, 2.45) is 0 Å². The number of aromatic nitrogens is 2. The van der Waals surface area contributed by atoms with Gasteiger partial charge in [0.1, 0.15) is 5.82 Å². The third kappa shape index (κ3) is 4.32. The number of carbonyl (C=O) groups excluding carboxylic acids is 1. The van der Waals surface area contributed by atoms with Gasteiger partial charge in [-0.25, -0.2) is 14.4 Å². The maximum absolute atomic E-state index is 13.5. The zero-order valence-corrected chi connectivity index (χ0v) is 14.5. The van der Waals surface area contributed by atoms with Crippen molar-refractivity contribution < 1.29 is 13.9 Å². The highest BCUT2D eigenvalue weighted by molar-refractivity contribution is 5.76. The first-order chi connectivity index (χ1) is 12.0. The Balaban J connectivity index is 1.51. The standard InChI is InChI=1S/C19H22FN3O2/c1-13-11-14(2)22-19(21-13)15-7-9-23(12-15)18(24)8-10-25-17-6-4-3-5-16(17)20/h3-6,11,15H,7-10,12H2,1-2H3/t15-/m1/s1. The number of halogens is 1. The van der Waals surface area contributed by atoms with Crippen molar-refractivity contribution in [3.05, 3.63) is 53.4 Å². The molecule has 25 heavy (non-hydrogen) atoms. The lowest BCUT2D eigenvalue weighted by molar-refractivity contribution is -0.130. The Morgan fingerprint density at radius 3 is 2.72 bits per heavy atom. The van der Waals surface area contributed by atoms with Gasteiger partial charge >= 0.3 is 0 Å². The monoisotopic (exact) mass is 343 g/mol. The van der Waals surface area contributed by atoms with Gasteiger partial charge in [-0.2, -0.15) is 0 Å². The van der Waals surface area contributed by atoms with Crippen molar-refractivity contribution in [2.75, 3.05) is 19.7 Å². The third-order valence-corrected chi connectivity index (χ3v) is 4.32. The van der Waals surface area contributed by atoms with Crippen LogP contribution in [0, 0.1) is 19.7 Å². The van der Waals surface area contributed by atoms with Crippen molar-refractivity contribution in [1.82, 2.24) is 14.9 Å². The minimum absolute atomic E-state index is 0.0169. The molecule has 0 saturated carbocycles. The van der Waals surface area contributed by atoms with E-state index in [-0.39, 0.29) is 30.6 Å². The van der Waals surface area contributed by atoms with Crippen LogP contribution in [0.15, 0.2) is 30.3 Å². The Labute approximate surface area is 146 Å². The number of nitrogens with zero attached hydrogens (tertiary/aromatic N) is 3. The highest BCUT2D eigenvalue weighted by Crippen LogP contribution is 2.25. The van der Waals surface area contributed by atoms with Gasteiger partial charge in [0, 0.05) is 30.4 Å². The minimum atomic E-state index is -0.414. The largest absolute Gasteiger partial charge is 0.490 e. The van der Waals surface area contributed by atoms with E-state index in [0.29, 0.717) is 13.1 Å². The first-order valence-corrected chi connectivity index (χ1v) is 8.50. The van der Waals surface area contributed by atoms with E-state index in [4.69, 9.17) is 4.74 Å². The molecule has 1 fully saturated rings. The Morgan fingerprint density at radius 2 is 2.00 bits per heavy atom. The predicted molar refractivity (Wildman–Crippen MR) is 92.0 cm³/mol. The lowest BCUT2D eigenvalue weighted by Crippen LogP contribution is -2.29. The summed E-state index contributed by atoms with van der Waals surface area (Å²) in [6.07, 6.45) is 1.09. The zero-order valence-electron chi connectivity index (χ0n) is 14.5. The summed E-state index contributed by atoms with van der Waals surface area (Å²) >= 11 is 0. The van der Waals surface area contributed by atoms with E-state index in [0.717, 1.165) is 23.6 Å². The van der Waals surface area contributed by atoms with Crippen molar-refractivity contribution in [1.29, 1.82) is 0 Å². The molecule has 132 valence electrons. The summed E-state index contributed by atoms with van der Waals surface area (Å²) < 4.78 is 18.8. The van der Waals surface area contributed by atoms with Gasteiger partial charge in [-0.15, -0.1) is 0 Å². The Kier molecular flexibility index (Phi) is 5.26. The summed E-state index contributed by atoms with van der Waals surface area (Å²) in [6.45, 7) is 5.40. The molecule has 1 aromatic heterocycles. The number of likely N-dealkylation sites (tertiary alicyclic amines) is 1. The van der Waals surface area contributed by atoms with E-state index < -0.39 is 5.82 Å². The van der Waals surface area contributed by atoms with Crippen LogP contribution in [0.25, 0.3) is 0 Å². The summed E-state index contributed by atoms with van der Waals surface area (Å²) in [4.78, 5) is 23.2. The molecular formula is C19H22FN3O2. The third-order valence-electron chi connectivity index (χ3n) is 4.32. The summed E-state index contributed by atoms with van der Waals surface area (Å²) in [5, 5.41) is 0. The molecule has 0 radical (unpaired) electrons. The minimum Gasteiger partial charge on any atom is -0.490 e. The SMILES string of the molecule is Cc1cc(C)nc([C@@H]2CCN(C(=O)CCOc3ccccc3F)C2)n1. The van der Waals surface area contributed by atoms with Crippen LogP contribution in [-0.2, 0) is 4.79 Å². The first-order valence-electron chi connectivity index (χ1n) is 8.50. The molecule has 6 heteroatoms. The quantitative estimate of drug-likeness (QED) is 0.837. The smallest absolute Gasteiger partial charge is 0.226 e. The summed E-state index contributed by atoms with van der Waals surface area (Å²) in [5.41, 5.74) is 1.90. The number of para-hydroxylation sites is 1. The molecule has 0 aliphatic carbocycles. The number of amides is 1. The van der Waals surface area contributed by atoms with Crippen LogP contribution < -0.4 is 4.74 Å². The van der Waals surface area contributed by atoms with Gasteiger partial charge in [0.05, 0.1) is 13.0 Å². The average Bonchev–Trinajstić information content (AvgIpc) is 3.06. The van der Waals surface area contributed by atoms with Crippen LogP contribution in [-0.4, -0.2) is 40.5 Å². The lowest BCUT2D eigenvalue weighted by Gasteiger charge is -2.17. The molecule has 1 atom stereocenters. The fourth-order valence-corrected chi connectivity index (χ4v) is 3.10. The maximum atomic E-state index is 13.5. The maximum Gasteiger partial charge on any atom is 0.226 e. The second-order valence-electron chi connectivity index (χ2n) is 6.36. The predicted octanol–water partition coefficient (Wildman–Crippen LogP) is 3.02. The highest BCUT2D eigenvalue weighted by atomic mass is 19.1. The van der Waals surface area contributed by atoms with E-state index in [9.17, 15) is 9.18 Å². The normalized spacial score (nSPS) is 16.9. The van der Waals surface area contributed by atoms with Crippen molar-refractivity contribution in [3.8, 4) is 5.75 Å². The number of benzene rings is 1. The topological polar surface area (TPSA) is 55.3 Å². The van der Waals surface area contributed by atoms with Gasteiger partial charge in [0.2, 0.25) is 5.91 Å². The summed E-state index contributed by atoms with van der Waals surface area (Å²) in [5.74, 6) is 0.773. The molecular weight excluding hydrogens is 321 g/mol. The van der Waals surface area contributed by atoms with Gasteiger partial charge in [-0.1, -0.05) is 12.1 Å². The number of carbonyl (C=O) groups is 1. The Hall–Kier alpha value is -2.50. The van der Waals surface area contributed by atoms with Crippen LogP contribution in [0.1, 0.15) is 36.0 Å². The molecule has 3 rings (SSSR count). The molecule has 0 bridgehead atoms. The van der Waals surface area contributed by atoms with Crippen molar-refractivity contribution in [2.45, 2.75) is 32.6 Å². The van der Waals surface area contributed by atoms with Gasteiger partial charge in [0.15, 0.2) is 11.6 Å². The molecule has 1 aliphatic heterocycles. The molecule has 0 spiro atoms. The molecule has 1 amide bonds. The number of hydrogen-bond acceptors (Lipinski definition) is 4.